The van der Waals surface area contributed by atoms with E-state index >= 15 is 0 Å². The zero-order valence-electron chi connectivity index (χ0n) is 18.9. The number of ketones is 1. The van der Waals surface area contributed by atoms with Gasteiger partial charge >= 0.3 is 0 Å². The van der Waals surface area contributed by atoms with Crippen molar-refractivity contribution in [1.29, 1.82) is 0 Å². The number of carbonyl (C=O) groups excluding carboxylic acids is 1. The number of hydrogen-bond acceptors (Lipinski definition) is 5. The summed E-state index contributed by atoms with van der Waals surface area (Å²) in [4.78, 5) is 13.4. The predicted molar refractivity (Wildman–Crippen MR) is 128 cm³/mol. The van der Waals surface area contributed by atoms with Gasteiger partial charge in [0.2, 0.25) is 0 Å². The smallest absolute Gasteiger partial charge is 0.174 e. The van der Waals surface area contributed by atoms with E-state index in [-0.39, 0.29) is 17.2 Å². The lowest BCUT2D eigenvalue weighted by Crippen LogP contribution is -2.31. The molecule has 164 valence electrons. The quantitative estimate of drug-likeness (QED) is 0.534. The third-order valence-electron chi connectivity index (χ3n) is 6.22. The lowest BCUT2D eigenvalue weighted by molar-refractivity contribution is -0.118. The highest BCUT2D eigenvalue weighted by Gasteiger charge is 2.39. The van der Waals surface area contributed by atoms with Crippen molar-refractivity contribution in [2.45, 2.75) is 46.6 Å². The third-order valence-corrected chi connectivity index (χ3v) is 6.81. The Hall–Kier alpha value is -2.47. The molecule has 1 atom stereocenters. The summed E-state index contributed by atoms with van der Waals surface area (Å²) in [6.45, 7) is 8.51. The average molecular weight is 485 g/mol. The molecule has 1 unspecified atom stereocenters. The van der Waals surface area contributed by atoms with Crippen LogP contribution in [0.4, 0.5) is 11.4 Å². The molecule has 5 nitrogen and oxygen atoms in total. The number of allylic oxidation sites excluding steroid dienone is 1. The number of nitrogens with one attached hydrogen (secondary N) is 2. The maximum atomic E-state index is 13.4. The lowest BCUT2D eigenvalue weighted by atomic mass is 9.73. The number of anilines is 2. The maximum absolute atomic E-state index is 13.4. The van der Waals surface area contributed by atoms with Crippen LogP contribution in [0.2, 0.25) is 0 Å². The van der Waals surface area contributed by atoms with Crippen LogP contribution in [-0.4, -0.2) is 20.0 Å². The Morgan fingerprint density at radius 3 is 2.32 bits per heavy atom. The van der Waals surface area contributed by atoms with E-state index in [0.717, 1.165) is 39.1 Å². The summed E-state index contributed by atoms with van der Waals surface area (Å²) in [5.74, 6) is 1.43. The van der Waals surface area contributed by atoms with Gasteiger partial charge in [0.15, 0.2) is 17.3 Å². The monoisotopic (exact) mass is 484 g/mol. The van der Waals surface area contributed by atoms with Gasteiger partial charge in [-0.1, -0.05) is 13.8 Å². The highest BCUT2D eigenvalue weighted by molar-refractivity contribution is 9.10. The number of halogens is 1. The minimum atomic E-state index is -0.300. The molecule has 0 saturated carbocycles. The van der Waals surface area contributed by atoms with Crippen LogP contribution >= 0.6 is 15.9 Å². The summed E-state index contributed by atoms with van der Waals surface area (Å²) in [7, 11) is 3.24. The van der Waals surface area contributed by atoms with Crippen molar-refractivity contribution in [3.8, 4) is 11.5 Å². The van der Waals surface area contributed by atoms with Crippen molar-refractivity contribution >= 4 is 33.1 Å². The van der Waals surface area contributed by atoms with E-state index < -0.39 is 0 Å². The normalized spacial score (nSPS) is 19.6. The summed E-state index contributed by atoms with van der Waals surface area (Å²) in [6, 6.07) is 7.95. The second-order valence-corrected chi connectivity index (χ2v) is 10.1. The van der Waals surface area contributed by atoms with Gasteiger partial charge in [0.25, 0.3) is 0 Å². The molecule has 0 spiro atoms. The molecule has 1 aliphatic heterocycles. The topological polar surface area (TPSA) is 59.6 Å². The first-order valence-electron chi connectivity index (χ1n) is 10.5. The van der Waals surface area contributed by atoms with Gasteiger partial charge in [0.05, 0.1) is 36.1 Å². The average Bonchev–Trinajstić information content (AvgIpc) is 2.83. The van der Waals surface area contributed by atoms with Gasteiger partial charge in [0.1, 0.15) is 0 Å². The maximum Gasteiger partial charge on any atom is 0.174 e. The van der Waals surface area contributed by atoms with Gasteiger partial charge in [-0.25, -0.2) is 0 Å². The summed E-state index contributed by atoms with van der Waals surface area (Å²) in [6.07, 6.45) is 1.33. The van der Waals surface area contributed by atoms with Crippen molar-refractivity contribution in [2.75, 3.05) is 24.9 Å². The highest BCUT2D eigenvalue weighted by Crippen LogP contribution is 2.47. The predicted octanol–water partition coefficient (Wildman–Crippen LogP) is 6.31. The van der Waals surface area contributed by atoms with Gasteiger partial charge in [-0.15, -0.1) is 0 Å². The number of fused-ring (bicyclic) bond motifs is 1. The van der Waals surface area contributed by atoms with Crippen molar-refractivity contribution in [3.63, 3.8) is 0 Å². The second-order valence-electron chi connectivity index (χ2n) is 9.26. The first kappa shape index (κ1) is 21.8. The molecule has 0 aromatic heterocycles. The second kappa shape index (κ2) is 7.90. The SMILES string of the molecule is COc1cc(C2Nc3cc(C)c(C)cc3NC3=C2C(=O)CC(C)(C)C3)cc(Br)c1OC. The zero-order chi connectivity index (χ0) is 22.5. The molecule has 1 heterocycles. The Labute approximate surface area is 192 Å². The fourth-order valence-electron chi connectivity index (χ4n) is 4.56. The number of Topliss-reactive ketones (excluding diaryl/α,β-unsaturated/α-hetero) is 1. The number of rotatable bonds is 3. The molecule has 2 aromatic carbocycles. The molecule has 0 amide bonds. The van der Waals surface area contributed by atoms with E-state index in [2.05, 4.69) is 66.4 Å². The van der Waals surface area contributed by atoms with Gasteiger partial charge in [0, 0.05) is 17.7 Å². The van der Waals surface area contributed by atoms with Gasteiger partial charge < -0.3 is 20.1 Å². The zero-order valence-corrected chi connectivity index (χ0v) is 20.5. The first-order chi connectivity index (χ1) is 14.6. The molecular weight excluding hydrogens is 456 g/mol. The summed E-state index contributed by atoms with van der Waals surface area (Å²) < 4.78 is 11.9. The lowest BCUT2D eigenvalue weighted by Gasteiger charge is -2.34. The minimum absolute atomic E-state index is 0.0874. The van der Waals surface area contributed by atoms with Crippen molar-refractivity contribution < 1.29 is 14.3 Å². The number of ether oxygens (including phenoxy) is 2. The largest absolute Gasteiger partial charge is 0.493 e. The fraction of sp³-hybridized carbons (Fsp3) is 0.400. The molecule has 4 rings (SSSR count). The van der Waals surface area contributed by atoms with E-state index in [4.69, 9.17) is 9.47 Å². The third kappa shape index (κ3) is 3.93. The van der Waals surface area contributed by atoms with Crippen LogP contribution in [0, 0.1) is 19.3 Å². The van der Waals surface area contributed by atoms with Crippen molar-refractivity contribution in [2.24, 2.45) is 5.41 Å². The summed E-state index contributed by atoms with van der Waals surface area (Å²) in [5, 5.41) is 7.27. The molecule has 2 aromatic rings. The molecule has 0 fully saturated rings. The highest BCUT2D eigenvalue weighted by atomic mass is 79.9. The van der Waals surface area contributed by atoms with Gasteiger partial charge in [-0.2, -0.15) is 0 Å². The summed E-state index contributed by atoms with van der Waals surface area (Å²) >= 11 is 3.61. The molecule has 1 aliphatic carbocycles. The van der Waals surface area contributed by atoms with Crippen LogP contribution in [-0.2, 0) is 4.79 Å². The first-order valence-corrected chi connectivity index (χ1v) is 11.3. The fourth-order valence-corrected chi connectivity index (χ4v) is 5.19. The Kier molecular flexibility index (Phi) is 5.54. The number of benzene rings is 2. The van der Waals surface area contributed by atoms with Crippen LogP contribution in [0.25, 0.3) is 0 Å². The van der Waals surface area contributed by atoms with Crippen molar-refractivity contribution in [1.82, 2.24) is 0 Å². The summed E-state index contributed by atoms with van der Waals surface area (Å²) in [5.41, 5.74) is 7.04. The Bertz CT molecular complexity index is 1100. The molecule has 0 bridgehead atoms. The van der Waals surface area contributed by atoms with E-state index in [1.54, 1.807) is 14.2 Å². The molecule has 0 saturated heterocycles. The van der Waals surface area contributed by atoms with Crippen molar-refractivity contribution in [3.05, 3.63) is 56.7 Å². The van der Waals surface area contributed by atoms with Crippen LogP contribution in [0.15, 0.2) is 40.0 Å². The standard InChI is InChI=1S/C25H29BrN2O3/c1-13-7-17-18(8-14(13)2)28-23(15-9-16(26)24(31-6)21(10-15)30-5)22-19(27-17)11-25(3,4)12-20(22)29/h7-10,23,27-28H,11-12H2,1-6H3. The molecule has 31 heavy (non-hydrogen) atoms. The number of methoxy groups -OCH3 is 2. The van der Waals surface area contributed by atoms with Gasteiger partial charge in [-0.05, 0) is 82.6 Å². The van der Waals surface area contributed by atoms with E-state index in [0.29, 0.717) is 17.9 Å². The molecule has 2 aliphatic rings. The number of hydrogen-bond donors (Lipinski definition) is 2. The Balaban J connectivity index is 1.93. The van der Waals surface area contributed by atoms with Crippen LogP contribution in [0.1, 0.15) is 49.4 Å². The Morgan fingerprint density at radius 2 is 1.68 bits per heavy atom. The van der Waals surface area contributed by atoms with Crippen LogP contribution < -0.4 is 20.1 Å². The molecule has 6 heteroatoms. The van der Waals surface area contributed by atoms with E-state index in [1.807, 2.05) is 12.1 Å². The molecule has 0 radical (unpaired) electrons. The van der Waals surface area contributed by atoms with Crippen LogP contribution in [0.3, 0.4) is 0 Å². The van der Waals surface area contributed by atoms with E-state index in [1.165, 1.54) is 11.1 Å². The van der Waals surface area contributed by atoms with E-state index in [9.17, 15) is 4.79 Å². The van der Waals surface area contributed by atoms with Crippen LogP contribution in [0.5, 0.6) is 11.5 Å². The van der Waals surface area contributed by atoms with Gasteiger partial charge in [-0.3, -0.25) is 4.79 Å². The Morgan fingerprint density at radius 1 is 1.00 bits per heavy atom. The minimum Gasteiger partial charge on any atom is -0.493 e. The molecule has 2 N–H and O–H groups in total. The number of carbonyl (C=O) groups is 1. The molecular formula is C25H29BrN2O3. The number of aryl methyl sites for hydroxylation is 2.